The molecule has 2 unspecified atom stereocenters. The molecule has 29 heavy (non-hydrogen) atoms. The van der Waals surface area contributed by atoms with Crippen molar-refractivity contribution in [3.8, 4) is 6.07 Å². The van der Waals surface area contributed by atoms with Gasteiger partial charge in [-0.05, 0) is 79.7 Å². The summed E-state index contributed by atoms with van der Waals surface area (Å²) in [4.78, 5) is 2.69. The lowest BCUT2D eigenvalue weighted by Crippen LogP contribution is -2.46. The van der Waals surface area contributed by atoms with Crippen LogP contribution < -0.4 is 0 Å². The quantitative estimate of drug-likeness (QED) is 0.723. The molecule has 2 aromatic carbocycles. The molecule has 0 N–H and O–H groups in total. The van der Waals surface area contributed by atoms with Crippen molar-refractivity contribution < 1.29 is 4.74 Å². The van der Waals surface area contributed by atoms with E-state index in [2.05, 4.69) is 47.4 Å². The fourth-order valence-corrected chi connectivity index (χ4v) is 4.99. The summed E-state index contributed by atoms with van der Waals surface area (Å²) in [5, 5.41) is 9.12. The van der Waals surface area contributed by atoms with Crippen molar-refractivity contribution in [2.75, 3.05) is 19.8 Å². The fourth-order valence-electron chi connectivity index (χ4n) is 4.99. The van der Waals surface area contributed by atoms with Crippen LogP contribution in [0.4, 0.5) is 0 Å². The van der Waals surface area contributed by atoms with Crippen LogP contribution in [0.3, 0.4) is 0 Å². The third kappa shape index (κ3) is 5.07. The van der Waals surface area contributed by atoms with Gasteiger partial charge in [0.25, 0.3) is 0 Å². The molecule has 0 radical (unpaired) electrons. The van der Waals surface area contributed by atoms with Gasteiger partial charge in [-0.15, -0.1) is 0 Å². The highest BCUT2D eigenvalue weighted by atomic mass is 16.5. The van der Waals surface area contributed by atoms with Crippen molar-refractivity contribution in [3.05, 3.63) is 70.3 Å². The van der Waals surface area contributed by atoms with Crippen molar-refractivity contribution >= 4 is 0 Å². The van der Waals surface area contributed by atoms with Gasteiger partial charge in [-0.1, -0.05) is 36.4 Å². The molecule has 2 fully saturated rings. The van der Waals surface area contributed by atoms with E-state index in [1.165, 1.54) is 50.6 Å². The van der Waals surface area contributed by atoms with Gasteiger partial charge < -0.3 is 4.74 Å². The number of hydrogen-bond acceptors (Lipinski definition) is 3. The lowest BCUT2D eigenvalue weighted by molar-refractivity contribution is 0.0938. The van der Waals surface area contributed by atoms with Crippen LogP contribution in [0.1, 0.15) is 53.5 Å². The van der Waals surface area contributed by atoms with Crippen LogP contribution in [-0.4, -0.2) is 30.7 Å². The Labute approximate surface area is 175 Å². The number of aryl methyl sites for hydroxylation is 1. The lowest BCUT2D eigenvalue weighted by atomic mass is 9.80. The molecule has 0 spiro atoms. The molecule has 2 aromatic rings. The standard InChI is InChI=1S/C22H24N2.C4H8O/c1-16-10-17(6-8-21(16)13-23)14-24-15-18-7-9-22(24)12-20-5-3-2-4-19(20)11-18;1-2-4-5-3-1/h2-6,8,10,18,22H,7,9,11-12,14-15H2,1H3;1-4H2. The molecule has 1 aliphatic carbocycles. The third-order valence-corrected chi connectivity index (χ3v) is 6.62. The maximum atomic E-state index is 9.12. The molecular weight excluding hydrogens is 356 g/mol. The minimum atomic E-state index is 0.652. The second kappa shape index (κ2) is 9.57. The molecule has 2 bridgehead atoms. The van der Waals surface area contributed by atoms with Gasteiger partial charge in [-0.25, -0.2) is 0 Å². The SMILES string of the molecule is C1CCOC1.Cc1cc(CN2CC3CCC2Cc2ccccc2C3)ccc1C#N. The van der Waals surface area contributed by atoms with E-state index in [0.717, 1.165) is 36.8 Å². The number of piperidine rings is 1. The summed E-state index contributed by atoms with van der Waals surface area (Å²) in [6.45, 7) is 6.26. The predicted molar refractivity (Wildman–Crippen MR) is 117 cm³/mol. The number of rotatable bonds is 2. The molecule has 6 rings (SSSR count). The monoisotopic (exact) mass is 388 g/mol. The van der Waals surface area contributed by atoms with Crippen LogP contribution in [-0.2, 0) is 24.1 Å². The first-order chi connectivity index (χ1) is 14.2. The van der Waals surface area contributed by atoms with Crippen molar-refractivity contribution in [1.29, 1.82) is 5.26 Å². The maximum absolute atomic E-state index is 9.12. The number of hydrogen-bond donors (Lipinski definition) is 0. The van der Waals surface area contributed by atoms with Crippen LogP contribution in [0.15, 0.2) is 42.5 Å². The number of nitriles is 1. The van der Waals surface area contributed by atoms with E-state index >= 15 is 0 Å². The van der Waals surface area contributed by atoms with E-state index < -0.39 is 0 Å². The molecule has 3 heterocycles. The van der Waals surface area contributed by atoms with Gasteiger partial charge in [-0.3, -0.25) is 4.90 Å². The molecule has 0 amide bonds. The Bertz CT molecular complexity index is 858. The first-order valence-electron chi connectivity index (χ1n) is 11.1. The molecule has 2 saturated heterocycles. The molecule has 2 atom stereocenters. The maximum Gasteiger partial charge on any atom is 0.0994 e. The Morgan fingerprint density at radius 2 is 1.79 bits per heavy atom. The summed E-state index contributed by atoms with van der Waals surface area (Å²) in [6.07, 6.45) is 7.64. The number of benzene rings is 2. The van der Waals surface area contributed by atoms with Crippen molar-refractivity contribution in [2.45, 2.75) is 58.0 Å². The number of ether oxygens (including phenoxy) is 1. The van der Waals surface area contributed by atoms with Crippen LogP contribution in [0.25, 0.3) is 0 Å². The van der Waals surface area contributed by atoms with Crippen LogP contribution in [0.5, 0.6) is 0 Å². The van der Waals surface area contributed by atoms with Gasteiger partial charge in [0.05, 0.1) is 11.6 Å². The summed E-state index contributed by atoms with van der Waals surface area (Å²) >= 11 is 0. The second-order valence-electron chi connectivity index (χ2n) is 8.78. The molecule has 0 aromatic heterocycles. The first-order valence-corrected chi connectivity index (χ1v) is 11.1. The van der Waals surface area contributed by atoms with Gasteiger partial charge in [0.1, 0.15) is 0 Å². The third-order valence-electron chi connectivity index (χ3n) is 6.62. The van der Waals surface area contributed by atoms with E-state index in [1.807, 2.05) is 13.0 Å². The minimum absolute atomic E-state index is 0.652. The smallest absolute Gasteiger partial charge is 0.0994 e. The average molecular weight is 389 g/mol. The Morgan fingerprint density at radius 1 is 1.03 bits per heavy atom. The highest BCUT2D eigenvalue weighted by Crippen LogP contribution is 2.33. The molecule has 3 nitrogen and oxygen atoms in total. The summed E-state index contributed by atoms with van der Waals surface area (Å²) in [7, 11) is 0. The largest absolute Gasteiger partial charge is 0.381 e. The first kappa shape index (κ1) is 20.1. The summed E-state index contributed by atoms with van der Waals surface area (Å²) < 4.78 is 4.94. The van der Waals surface area contributed by atoms with E-state index in [1.54, 1.807) is 11.1 Å². The van der Waals surface area contributed by atoms with Gasteiger partial charge in [0.15, 0.2) is 0 Å². The van der Waals surface area contributed by atoms with E-state index in [9.17, 15) is 0 Å². The molecule has 152 valence electrons. The lowest BCUT2D eigenvalue weighted by Gasteiger charge is -2.42. The Kier molecular flexibility index (Phi) is 6.64. The van der Waals surface area contributed by atoms with Crippen molar-refractivity contribution in [1.82, 2.24) is 4.90 Å². The summed E-state index contributed by atoms with van der Waals surface area (Å²) in [5.74, 6) is 0.780. The van der Waals surface area contributed by atoms with Gasteiger partial charge in [-0.2, -0.15) is 5.26 Å². The van der Waals surface area contributed by atoms with Gasteiger partial charge >= 0.3 is 0 Å². The normalized spacial score (nSPS) is 23.3. The van der Waals surface area contributed by atoms with Crippen molar-refractivity contribution in [3.63, 3.8) is 0 Å². The number of nitrogens with zero attached hydrogens (tertiary/aromatic N) is 2. The Hall–Kier alpha value is -2.15. The molecule has 0 saturated carbocycles. The zero-order valence-corrected chi connectivity index (χ0v) is 17.6. The van der Waals surface area contributed by atoms with Crippen LogP contribution in [0, 0.1) is 24.2 Å². The van der Waals surface area contributed by atoms with Crippen molar-refractivity contribution in [2.24, 2.45) is 5.92 Å². The second-order valence-corrected chi connectivity index (χ2v) is 8.78. The predicted octanol–water partition coefficient (Wildman–Crippen LogP) is 5.04. The fraction of sp³-hybridized carbons (Fsp3) is 0.500. The Morgan fingerprint density at radius 3 is 2.45 bits per heavy atom. The topological polar surface area (TPSA) is 36.3 Å². The van der Waals surface area contributed by atoms with E-state index in [4.69, 9.17) is 10.00 Å². The number of fused-ring (bicyclic) bond motifs is 2. The molecule has 3 aliphatic heterocycles. The molecule has 3 heteroatoms. The van der Waals surface area contributed by atoms with E-state index in [-0.39, 0.29) is 0 Å². The highest BCUT2D eigenvalue weighted by Gasteiger charge is 2.31. The van der Waals surface area contributed by atoms with Gasteiger partial charge in [0, 0.05) is 32.3 Å². The minimum Gasteiger partial charge on any atom is -0.381 e. The highest BCUT2D eigenvalue weighted by molar-refractivity contribution is 5.39. The Balaban J connectivity index is 0.000000359. The molecule has 4 aliphatic rings. The van der Waals surface area contributed by atoms with E-state index in [0.29, 0.717) is 6.04 Å². The zero-order valence-electron chi connectivity index (χ0n) is 17.6. The zero-order chi connectivity index (χ0) is 20.1. The van der Waals surface area contributed by atoms with Crippen LogP contribution in [0.2, 0.25) is 0 Å². The average Bonchev–Trinajstić information content (AvgIpc) is 3.29. The van der Waals surface area contributed by atoms with Gasteiger partial charge in [0.2, 0.25) is 0 Å². The van der Waals surface area contributed by atoms with Crippen LogP contribution >= 0.6 is 0 Å². The molecular formula is C26H32N2O. The summed E-state index contributed by atoms with van der Waals surface area (Å²) in [5.41, 5.74) is 6.35. The summed E-state index contributed by atoms with van der Waals surface area (Å²) in [6, 6.07) is 18.2.